The van der Waals surface area contributed by atoms with Crippen molar-refractivity contribution in [3.05, 3.63) is 60.0 Å². The van der Waals surface area contributed by atoms with Gasteiger partial charge in [-0.1, -0.05) is 24.3 Å². The summed E-state index contributed by atoms with van der Waals surface area (Å²) in [6, 6.07) is 14.3. The van der Waals surface area contributed by atoms with Gasteiger partial charge in [0.05, 0.1) is 26.3 Å². The second-order valence-electron chi connectivity index (χ2n) is 6.82. The standard InChI is InChI=1S/C21H27N7O.HI/c1-2-22-21(24-16-20-26-25-19-9-5-6-10-28(19)20)23-15-17-7-3-4-8-18(17)27-11-13-29-14-12-27;/h3-10H,2,11-16H2,1H3,(H2,22,23,24);1H. The number of hydrogen-bond donors (Lipinski definition) is 2. The van der Waals surface area contributed by atoms with Gasteiger partial charge in [0.1, 0.15) is 0 Å². The van der Waals surface area contributed by atoms with Crippen LogP contribution in [0.15, 0.2) is 53.7 Å². The maximum absolute atomic E-state index is 5.49. The van der Waals surface area contributed by atoms with Gasteiger partial charge in [0, 0.05) is 31.5 Å². The molecule has 0 aliphatic carbocycles. The van der Waals surface area contributed by atoms with E-state index in [4.69, 9.17) is 9.73 Å². The molecule has 4 rings (SSSR count). The van der Waals surface area contributed by atoms with Gasteiger partial charge in [-0.15, -0.1) is 34.2 Å². The van der Waals surface area contributed by atoms with Crippen LogP contribution in [0, 0.1) is 0 Å². The Hall–Kier alpha value is -2.40. The van der Waals surface area contributed by atoms with E-state index >= 15 is 0 Å². The van der Waals surface area contributed by atoms with Crippen LogP contribution in [0.3, 0.4) is 0 Å². The number of fused-ring (bicyclic) bond motifs is 1. The lowest BCUT2D eigenvalue weighted by Crippen LogP contribution is -2.37. The molecule has 0 bridgehead atoms. The summed E-state index contributed by atoms with van der Waals surface area (Å²) in [4.78, 5) is 7.17. The smallest absolute Gasteiger partial charge is 0.191 e. The predicted octanol–water partition coefficient (Wildman–Crippen LogP) is 2.44. The summed E-state index contributed by atoms with van der Waals surface area (Å²) in [6.07, 6.45) is 1.97. The number of hydrogen-bond acceptors (Lipinski definition) is 5. The number of morpholine rings is 1. The first-order chi connectivity index (χ1) is 14.3. The van der Waals surface area contributed by atoms with Crippen molar-refractivity contribution in [3.63, 3.8) is 0 Å². The summed E-state index contributed by atoms with van der Waals surface area (Å²) in [7, 11) is 0. The van der Waals surface area contributed by atoms with E-state index in [1.165, 1.54) is 11.3 Å². The highest BCUT2D eigenvalue weighted by Gasteiger charge is 2.14. The fourth-order valence-electron chi connectivity index (χ4n) is 3.44. The molecule has 8 nitrogen and oxygen atoms in total. The zero-order chi connectivity index (χ0) is 19.9. The van der Waals surface area contributed by atoms with E-state index in [9.17, 15) is 0 Å². The van der Waals surface area contributed by atoms with E-state index in [-0.39, 0.29) is 24.0 Å². The summed E-state index contributed by atoms with van der Waals surface area (Å²) in [5.74, 6) is 1.61. The van der Waals surface area contributed by atoms with Crippen LogP contribution in [0.25, 0.3) is 5.65 Å². The Morgan fingerprint density at radius 2 is 1.87 bits per heavy atom. The molecule has 3 aromatic rings. The van der Waals surface area contributed by atoms with Gasteiger partial charge in [0.2, 0.25) is 0 Å². The van der Waals surface area contributed by atoms with Crippen LogP contribution in [0.5, 0.6) is 0 Å². The van der Waals surface area contributed by atoms with Crippen molar-refractivity contribution in [3.8, 4) is 0 Å². The summed E-state index contributed by atoms with van der Waals surface area (Å²) in [5.41, 5.74) is 3.28. The molecule has 0 amide bonds. The maximum Gasteiger partial charge on any atom is 0.191 e. The van der Waals surface area contributed by atoms with Crippen LogP contribution >= 0.6 is 24.0 Å². The molecule has 3 heterocycles. The van der Waals surface area contributed by atoms with Gasteiger partial charge in [0.25, 0.3) is 0 Å². The molecule has 9 heteroatoms. The van der Waals surface area contributed by atoms with E-state index in [0.717, 1.165) is 50.3 Å². The largest absolute Gasteiger partial charge is 0.378 e. The molecule has 0 radical (unpaired) electrons. The third-order valence-electron chi connectivity index (χ3n) is 4.89. The van der Waals surface area contributed by atoms with Crippen molar-refractivity contribution in [2.24, 2.45) is 4.99 Å². The van der Waals surface area contributed by atoms with E-state index in [1.54, 1.807) is 0 Å². The first-order valence-electron chi connectivity index (χ1n) is 10.1. The van der Waals surface area contributed by atoms with Gasteiger partial charge in [-0.3, -0.25) is 4.40 Å². The van der Waals surface area contributed by atoms with Gasteiger partial charge in [-0.05, 0) is 30.7 Å². The van der Waals surface area contributed by atoms with Gasteiger partial charge in [-0.25, -0.2) is 4.99 Å². The van der Waals surface area contributed by atoms with Crippen molar-refractivity contribution < 1.29 is 4.74 Å². The van der Waals surface area contributed by atoms with Crippen LogP contribution in [0.2, 0.25) is 0 Å². The van der Waals surface area contributed by atoms with Crippen molar-refractivity contribution in [2.75, 3.05) is 37.7 Å². The summed E-state index contributed by atoms with van der Waals surface area (Å²) < 4.78 is 7.46. The first kappa shape index (κ1) is 22.3. The molecule has 1 aliphatic rings. The lowest BCUT2D eigenvalue weighted by Gasteiger charge is -2.30. The summed E-state index contributed by atoms with van der Waals surface area (Å²) in [5, 5.41) is 15.1. The van der Waals surface area contributed by atoms with Crippen molar-refractivity contribution >= 4 is 41.3 Å². The molecule has 2 aromatic heterocycles. The second-order valence-corrected chi connectivity index (χ2v) is 6.82. The molecule has 30 heavy (non-hydrogen) atoms. The van der Waals surface area contributed by atoms with Crippen molar-refractivity contribution in [1.82, 2.24) is 25.2 Å². The van der Waals surface area contributed by atoms with E-state index in [2.05, 4.69) is 56.9 Å². The SMILES string of the molecule is CCNC(=NCc1ccccc1N1CCOCC1)NCc1nnc2ccccn12.I. The minimum absolute atomic E-state index is 0. The highest BCUT2D eigenvalue weighted by atomic mass is 127. The van der Waals surface area contributed by atoms with E-state index < -0.39 is 0 Å². The number of para-hydroxylation sites is 1. The van der Waals surface area contributed by atoms with Crippen LogP contribution in [-0.4, -0.2) is 53.4 Å². The molecule has 0 spiro atoms. The maximum atomic E-state index is 5.49. The average molecular weight is 521 g/mol. The number of ether oxygens (including phenoxy) is 1. The van der Waals surface area contributed by atoms with Crippen LogP contribution in [0.1, 0.15) is 18.3 Å². The monoisotopic (exact) mass is 521 g/mol. The average Bonchev–Trinajstić information content (AvgIpc) is 3.20. The molecule has 1 fully saturated rings. The van der Waals surface area contributed by atoms with Crippen LogP contribution in [-0.2, 0) is 17.8 Å². The number of benzene rings is 1. The number of aliphatic imine (C=N–C) groups is 1. The fourth-order valence-corrected chi connectivity index (χ4v) is 3.44. The van der Waals surface area contributed by atoms with E-state index in [1.807, 2.05) is 28.8 Å². The molecule has 1 aromatic carbocycles. The molecule has 1 aliphatic heterocycles. The molecule has 2 N–H and O–H groups in total. The van der Waals surface area contributed by atoms with E-state index in [0.29, 0.717) is 13.1 Å². The Labute approximate surface area is 193 Å². The van der Waals surface area contributed by atoms with Gasteiger partial charge >= 0.3 is 0 Å². The molecular formula is C21H28IN7O. The number of pyridine rings is 1. The van der Waals surface area contributed by atoms with Crippen molar-refractivity contribution in [1.29, 1.82) is 0 Å². The summed E-state index contributed by atoms with van der Waals surface area (Å²) >= 11 is 0. The zero-order valence-electron chi connectivity index (χ0n) is 17.1. The Morgan fingerprint density at radius 3 is 2.70 bits per heavy atom. The zero-order valence-corrected chi connectivity index (χ0v) is 19.5. The Balaban J connectivity index is 0.00000256. The predicted molar refractivity (Wildman–Crippen MR) is 130 cm³/mol. The van der Waals surface area contributed by atoms with Crippen molar-refractivity contribution in [2.45, 2.75) is 20.0 Å². The van der Waals surface area contributed by atoms with Gasteiger partial charge < -0.3 is 20.3 Å². The number of halogens is 1. The third-order valence-corrected chi connectivity index (χ3v) is 4.89. The number of rotatable bonds is 6. The number of nitrogens with zero attached hydrogens (tertiary/aromatic N) is 5. The number of nitrogens with one attached hydrogen (secondary N) is 2. The molecule has 0 unspecified atom stereocenters. The van der Waals surface area contributed by atoms with Gasteiger partial charge in [0.15, 0.2) is 17.4 Å². The number of anilines is 1. The van der Waals surface area contributed by atoms with Crippen LogP contribution < -0.4 is 15.5 Å². The minimum Gasteiger partial charge on any atom is -0.378 e. The topological polar surface area (TPSA) is 79.1 Å². The minimum atomic E-state index is 0. The Morgan fingerprint density at radius 1 is 1.07 bits per heavy atom. The molecule has 0 saturated carbocycles. The first-order valence-corrected chi connectivity index (χ1v) is 10.1. The lowest BCUT2D eigenvalue weighted by atomic mass is 10.1. The second kappa shape index (κ2) is 11.1. The normalized spacial score (nSPS) is 14.4. The van der Waals surface area contributed by atoms with Gasteiger partial charge in [-0.2, -0.15) is 0 Å². The number of aromatic nitrogens is 3. The third kappa shape index (κ3) is 5.39. The Bertz CT molecular complexity index is 969. The molecule has 0 atom stereocenters. The summed E-state index contributed by atoms with van der Waals surface area (Å²) in [6.45, 7) is 7.37. The highest BCUT2D eigenvalue weighted by Crippen LogP contribution is 2.22. The Kier molecular flexibility index (Phi) is 8.26. The molecule has 1 saturated heterocycles. The molecular weight excluding hydrogens is 493 g/mol. The quantitative estimate of drug-likeness (QED) is 0.295. The fraction of sp³-hybridized carbons (Fsp3) is 0.381. The highest BCUT2D eigenvalue weighted by molar-refractivity contribution is 14.0. The molecule has 160 valence electrons. The van der Waals surface area contributed by atoms with Crippen LogP contribution in [0.4, 0.5) is 5.69 Å². The lowest BCUT2D eigenvalue weighted by molar-refractivity contribution is 0.122. The number of guanidine groups is 1.